The van der Waals surface area contributed by atoms with Crippen molar-refractivity contribution in [2.45, 2.75) is 59.3 Å². The first-order chi connectivity index (χ1) is 15.1. The van der Waals surface area contributed by atoms with Gasteiger partial charge in [-0.2, -0.15) is 0 Å². The lowest BCUT2D eigenvalue weighted by atomic mass is 10.0. The highest BCUT2D eigenvalue weighted by atomic mass is 16.6. The summed E-state index contributed by atoms with van der Waals surface area (Å²) >= 11 is 0. The van der Waals surface area contributed by atoms with Gasteiger partial charge in [-0.25, -0.2) is 0 Å². The van der Waals surface area contributed by atoms with Crippen LogP contribution < -0.4 is 9.47 Å². The van der Waals surface area contributed by atoms with E-state index in [9.17, 15) is 0 Å². The molecule has 0 saturated carbocycles. The third kappa shape index (κ3) is 9.29. The van der Waals surface area contributed by atoms with Crippen molar-refractivity contribution in [3.8, 4) is 11.5 Å². The van der Waals surface area contributed by atoms with Crippen molar-refractivity contribution >= 4 is 6.21 Å². The van der Waals surface area contributed by atoms with Gasteiger partial charge in [0.05, 0.1) is 12.8 Å². The van der Waals surface area contributed by atoms with E-state index < -0.39 is 0 Å². The topological polar surface area (TPSA) is 40.0 Å². The zero-order valence-electron chi connectivity index (χ0n) is 19.5. The molecule has 2 rings (SSSR count). The van der Waals surface area contributed by atoms with Crippen molar-refractivity contribution in [1.82, 2.24) is 0 Å². The maximum Gasteiger partial charge on any atom is 0.125 e. The first kappa shape index (κ1) is 24.5. The van der Waals surface area contributed by atoms with Crippen LogP contribution in [0.25, 0.3) is 0 Å². The average molecular weight is 424 g/mol. The van der Waals surface area contributed by atoms with Crippen molar-refractivity contribution in [2.24, 2.45) is 5.16 Å². The maximum atomic E-state index is 6.08. The number of aryl methyl sites for hydroxylation is 3. The molecule has 0 bridgehead atoms. The number of nitrogens with zero attached hydrogens (tertiary/aromatic N) is 1. The van der Waals surface area contributed by atoms with E-state index in [-0.39, 0.29) is 0 Å². The summed E-state index contributed by atoms with van der Waals surface area (Å²) in [6, 6.07) is 12.6. The Morgan fingerprint density at radius 1 is 0.903 bits per heavy atom. The molecule has 4 heteroatoms. The summed E-state index contributed by atoms with van der Waals surface area (Å²) in [7, 11) is 1.56. The smallest absolute Gasteiger partial charge is 0.125 e. The van der Waals surface area contributed by atoms with Crippen LogP contribution in [0.1, 0.15) is 61.3 Å². The maximum absolute atomic E-state index is 6.08. The molecule has 0 fully saturated rings. The van der Waals surface area contributed by atoms with E-state index in [1.807, 2.05) is 25.1 Å². The van der Waals surface area contributed by atoms with E-state index in [2.05, 4.69) is 49.3 Å². The molecule has 2 aromatic carbocycles. The molecule has 2 aromatic rings. The number of unbranched alkanes of at least 4 members (excludes halogenated alkanes) is 4. The lowest BCUT2D eigenvalue weighted by Crippen LogP contribution is -2.02. The van der Waals surface area contributed by atoms with E-state index in [1.54, 1.807) is 13.3 Å². The number of allylic oxidation sites excluding steroid dienone is 1. The van der Waals surface area contributed by atoms with Crippen molar-refractivity contribution in [1.29, 1.82) is 0 Å². The van der Waals surface area contributed by atoms with Crippen molar-refractivity contribution in [3.05, 3.63) is 70.8 Å². The number of hydrogen-bond donors (Lipinski definition) is 0. The molecule has 4 nitrogen and oxygen atoms in total. The van der Waals surface area contributed by atoms with Crippen molar-refractivity contribution in [3.63, 3.8) is 0 Å². The molecule has 0 aliphatic heterocycles. The van der Waals surface area contributed by atoms with Crippen LogP contribution in [0, 0.1) is 13.8 Å². The first-order valence-corrected chi connectivity index (χ1v) is 11.3. The van der Waals surface area contributed by atoms with Crippen molar-refractivity contribution < 1.29 is 14.3 Å². The molecule has 0 N–H and O–H groups in total. The van der Waals surface area contributed by atoms with Gasteiger partial charge in [0.2, 0.25) is 0 Å². The standard InChI is InChI=1S/C27H37NO3/c1-5-6-16-30-26-18-22(2)27(23(3)19-26)31-17-11-9-7-8-10-13-24-14-12-15-25(20-24)21-28-29-4/h5-6,12,14-15,18-21H,7-11,13,16-17H2,1-4H3/b6-5+,28-21?. The predicted octanol–water partition coefficient (Wildman–Crippen LogP) is 6.81. The lowest BCUT2D eigenvalue weighted by Gasteiger charge is -2.14. The highest BCUT2D eigenvalue weighted by molar-refractivity contribution is 5.79. The van der Waals surface area contributed by atoms with Crippen LogP contribution in [0.2, 0.25) is 0 Å². The van der Waals surface area contributed by atoms with Crippen molar-refractivity contribution in [2.75, 3.05) is 20.3 Å². The second-order valence-electron chi connectivity index (χ2n) is 7.79. The van der Waals surface area contributed by atoms with E-state index in [0.717, 1.165) is 47.6 Å². The van der Waals surface area contributed by atoms with Crippen LogP contribution >= 0.6 is 0 Å². The number of hydrogen-bond acceptors (Lipinski definition) is 4. The molecule has 0 atom stereocenters. The molecule has 0 heterocycles. The largest absolute Gasteiger partial charge is 0.493 e. The van der Waals surface area contributed by atoms with Crippen LogP contribution in [-0.4, -0.2) is 26.5 Å². The summed E-state index contributed by atoms with van der Waals surface area (Å²) in [5, 5.41) is 3.83. The van der Waals surface area contributed by atoms with Gasteiger partial charge < -0.3 is 14.3 Å². The molecule has 0 radical (unpaired) electrons. The summed E-state index contributed by atoms with van der Waals surface area (Å²) in [6.07, 6.45) is 12.8. The van der Waals surface area contributed by atoms with E-state index >= 15 is 0 Å². The molecule has 0 saturated heterocycles. The number of rotatable bonds is 14. The number of benzene rings is 2. The Hall–Kier alpha value is -2.75. The third-order valence-corrected chi connectivity index (χ3v) is 5.13. The minimum absolute atomic E-state index is 0.600. The molecule has 0 aliphatic rings. The molecular weight excluding hydrogens is 386 g/mol. The van der Waals surface area contributed by atoms with Gasteiger partial charge in [0.15, 0.2) is 0 Å². The fraction of sp³-hybridized carbons (Fsp3) is 0.444. The highest BCUT2D eigenvalue weighted by Crippen LogP contribution is 2.28. The molecule has 0 aliphatic carbocycles. The molecule has 0 unspecified atom stereocenters. The molecule has 0 amide bonds. The molecule has 0 spiro atoms. The second-order valence-corrected chi connectivity index (χ2v) is 7.79. The fourth-order valence-electron chi connectivity index (χ4n) is 3.54. The average Bonchev–Trinajstić information content (AvgIpc) is 2.76. The Balaban J connectivity index is 1.63. The Bertz CT molecular complexity index is 819. The van der Waals surface area contributed by atoms with E-state index in [4.69, 9.17) is 14.3 Å². The van der Waals surface area contributed by atoms with Gasteiger partial charge in [0.1, 0.15) is 25.2 Å². The minimum Gasteiger partial charge on any atom is -0.493 e. The van der Waals surface area contributed by atoms with Gasteiger partial charge in [-0.15, -0.1) is 0 Å². The summed E-state index contributed by atoms with van der Waals surface area (Å²) in [5.41, 5.74) is 4.70. The minimum atomic E-state index is 0.600. The summed E-state index contributed by atoms with van der Waals surface area (Å²) < 4.78 is 11.8. The van der Waals surface area contributed by atoms with Gasteiger partial charge in [-0.1, -0.05) is 60.8 Å². The van der Waals surface area contributed by atoms with Crippen LogP contribution in [0.3, 0.4) is 0 Å². The van der Waals surface area contributed by atoms with Gasteiger partial charge in [0.25, 0.3) is 0 Å². The molecule has 168 valence electrons. The quantitative estimate of drug-likeness (QED) is 0.145. The Morgan fingerprint density at radius 2 is 1.65 bits per heavy atom. The Kier molecular flexibility index (Phi) is 11.3. The summed E-state index contributed by atoms with van der Waals surface area (Å²) in [6.45, 7) is 7.53. The first-order valence-electron chi connectivity index (χ1n) is 11.3. The van der Waals surface area contributed by atoms with Crippen LogP contribution in [0.5, 0.6) is 11.5 Å². The third-order valence-electron chi connectivity index (χ3n) is 5.13. The second kappa shape index (κ2) is 14.3. The molecule has 31 heavy (non-hydrogen) atoms. The summed E-state index contributed by atoms with van der Waals surface area (Å²) in [4.78, 5) is 4.75. The van der Waals surface area contributed by atoms with Gasteiger partial charge >= 0.3 is 0 Å². The fourth-order valence-corrected chi connectivity index (χ4v) is 3.54. The van der Waals surface area contributed by atoms with Crippen LogP contribution in [-0.2, 0) is 11.3 Å². The van der Waals surface area contributed by atoms with Gasteiger partial charge in [0, 0.05) is 0 Å². The number of ether oxygens (including phenoxy) is 2. The summed E-state index contributed by atoms with van der Waals surface area (Å²) in [5.74, 6) is 1.90. The Labute approximate surface area is 187 Å². The monoisotopic (exact) mass is 423 g/mol. The zero-order valence-corrected chi connectivity index (χ0v) is 19.5. The van der Waals surface area contributed by atoms with Gasteiger partial charge in [-0.05, 0) is 74.4 Å². The normalized spacial score (nSPS) is 11.4. The molecular formula is C27H37NO3. The lowest BCUT2D eigenvalue weighted by molar-refractivity contribution is 0.215. The van der Waals surface area contributed by atoms with Crippen LogP contribution in [0.15, 0.2) is 53.7 Å². The van der Waals surface area contributed by atoms with Crippen LogP contribution in [0.4, 0.5) is 0 Å². The SMILES string of the molecule is C/C=C/COc1cc(C)c(OCCCCCCCc2cccc(C=NOC)c2)c(C)c1. The highest BCUT2D eigenvalue weighted by Gasteiger charge is 2.07. The Morgan fingerprint density at radius 3 is 2.39 bits per heavy atom. The van der Waals surface area contributed by atoms with Gasteiger partial charge in [-0.3, -0.25) is 0 Å². The predicted molar refractivity (Wildman–Crippen MR) is 130 cm³/mol. The molecule has 0 aromatic heterocycles. The van der Waals surface area contributed by atoms with E-state index in [1.165, 1.54) is 31.2 Å². The van der Waals surface area contributed by atoms with E-state index in [0.29, 0.717) is 6.61 Å². The number of oxime groups is 1. The zero-order chi connectivity index (χ0) is 22.3.